The summed E-state index contributed by atoms with van der Waals surface area (Å²) in [6.45, 7) is 0. The minimum atomic E-state index is -0.256. The van der Waals surface area contributed by atoms with E-state index in [1.54, 1.807) is 31.6 Å². The second-order valence-corrected chi connectivity index (χ2v) is 6.09. The van der Waals surface area contributed by atoms with Crippen LogP contribution in [0.1, 0.15) is 10.4 Å². The van der Waals surface area contributed by atoms with Crippen LogP contribution in [-0.2, 0) is 0 Å². The van der Waals surface area contributed by atoms with Crippen molar-refractivity contribution in [2.45, 2.75) is 0 Å². The number of nitrogens with one attached hydrogen (secondary N) is 2. The first-order valence-corrected chi connectivity index (χ1v) is 8.76. The lowest BCUT2D eigenvalue weighted by Gasteiger charge is -2.13. The van der Waals surface area contributed by atoms with Crippen molar-refractivity contribution in [3.05, 3.63) is 84.7 Å². The Morgan fingerprint density at radius 3 is 2.64 bits per heavy atom. The SMILES string of the molecule is COc1ccccc1Nc1ncccc1C(=O)Nc1ccc2ncccc2c1. The Labute approximate surface area is 162 Å². The molecule has 0 unspecified atom stereocenters. The first kappa shape index (κ1) is 17.5. The highest BCUT2D eigenvalue weighted by atomic mass is 16.5. The zero-order valence-electron chi connectivity index (χ0n) is 15.2. The molecule has 6 heteroatoms. The van der Waals surface area contributed by atoms with E-state index in [2.05, 4.69) is 20.6 Å². The van der Waals surface area contributed by atoms with Gasteiger partial charge < -0.3 is 15.4 Å². The number of anilines is 3. The highest BCUT2D eigenvalue weighted by molar-refractivity contribution is 6.08. The van der Waals surface area contributed by atoms with E-state index in [0.717, 1.165) is 16.6 Å². The number of hydrogen-bond donors (Lipinski definition) is 2. The molecule has 2 N–H and O–H groups in total. The molecule has 2 aromatic carbocycles. The van der Waals surface area contributed by atoms with Crippen molar-refractivity contribution in [3.63, 3.8) is 0 Å². The Hall–Kier alpha value is -3.93. The molecule has 0 aliphatic rings. The van der Waals surface area contributed by atoms with Crippen molar-refractivity contribution in [2.24, 2.45) is 0 Å². The number of benzene rings is 2. The molecule has 0 saturated heterocycles. The number of nitrogens with zero attached hydrogens (tertiary/aromatic N) is 2. The normalized spacial score (nSPS) is 10.5. The molecule has 4 rings (SSSR count). The summed E-state index contributed by atoms with van der Waals surface area (Å²) in [5, 5.41) is 7.07. The van der Waals surface area contributed by atoms with Gasteiger partial charge in [-0.1, -0.05) is 18.2 Å². The largest absolute Gasteiger partial charge is 0.495 e. The Bertz CT molecular complexity index is 1140. The maximum Gasteiger partial charge on any atom is 0.259 e. The van der Waals surface area contributed by atoms with Crippen LogP contribution in [0.15, 0.2) is 79.1 Å². The fraction of sp³-hybridized carbons (Fsp3) is 0.0455. The Morgan fingerprint density at radius 1 is 0.929 bits per heavy atom. The van der Waals surface area contributed by atoms with E-state index in [4.69, 9.17) is 4.74 Å². The molecule has 0 atom stereocenters. The topological polar surface area (TPSA) is 76.1 Å². The van der Waals surface area contributed by atoms with Crippen molar-refractivity contribution < 1.29 is 9.53 Å². The lowest BCUT2D eigenvalue weighted by atomic mass is 10.2. The lowest BCUT2D eigenvalue weighted by Crippen LogP contribution is -2.14. The average Bonchev–Trinajstić information content (AvgIpc) is 2.74. The van der Waals surface area contributed by atoms with Gasteiger partial charge in [-0.2, -0.15) is 0 Å². The molecule has 2 heterocycles. The van der Waals surface area contributed by atoms with Crippen molar-refractivity contribution in [1.82, 2.24) is 9.97 Å². The van der Waals surface area contributed by atoms with Gasteiger partial charge >= 0.3 is 0 Å². The van der Waals surface area contributed by atoms with Gasteiger partial charge in [-0.3, -0.25) is 9.78 Å². The standard InChI is InChI=1S/C22H18N4O2/c1-28-20-9-3-2-8-19(20)26-21-17(7-5-13-24-21)22(27)25-16-10-11-18-15(14-16)6-4-12-23-18/h2-14H,1H3,(H,24,26)(H,25,27). The molecule has 138 valence electrons. The van der Waals surface area contributed by atoms with Gasteiger partial charge in [0.1, 0.15) is 11.6 Å². The van der Waals surface area contributed by atoms with Crippen molar-refractivity contribution >= 4 is 34.0 Å². The zero-order chi connectivity index (χ0) is 19.3. The third-order valence-corrected chi connectivity index (χ3v) is 4.27. The summed E-state index contributed by atoms with van der Waals surface area (Å²) < 4.78 is 5.36. The number of para-hydroxylation sites is 2. The van der Waals surface area contributed by atoms with Crippen molar-refractivity contribution in [3.8, 4) is 5.75 Å². The van der Waals surface area contributed by atoms with Gasteiger partial charge in [0.2, 0.25) is 0 Å². The monoisotopic (exact) mass is 370 g/mol. The lowest BCUT2D eigenvalue weighted by molar-refractivity contribution is 0.102. The van der Waals surface area contributed by atoms with Crippen LogP contribution in [0.2, 0.25) is 0 Å². The van der Waals surface area contributed by atoms with Gasteiger partial charge in [-0.15, -0.1) is 0 Å². The predicted molar refractivity (Wildman–Crippen MR) is 110 cm³/mol. The van der Waals surface area contributed by atoms with Crippen LogP contribution in [0.5, 0.6) is 5.75 Å². The summed E-state index contributed by atoms with van der Waals surface area (Å²) in [6, 6.07) is 20.3. The Morgan fingerprint density at radius 2 is 1.75 bits per heavy atom. The molecule has 28 heavy (non-hydrogen) atoms. The van der Waals surface area contributed by atoms with Crippen LogP contribution in [0, 0.1) is 0 Å². The van der Waals surface area contributed by atoms with Crippen LogP contribution in [0.4, 0.5) is 17.2 Å². The number of methoxy groups -OCH3 is 1. The van der Waals surface area contributed by atoms with E-state index in [1.807, 2.05) is 54.6 Å². The molecule has 0 bridgehead atoms. The number of aromatic nitrogens is 2. The highest BCUT2D eigenvalue weighted by Crippen LogP contribution is 2.28. The number of amides is 1. The van der Waals surface area contributed by atoms with Crippen LogP contribution in [0.25, 0.3) is 10.9 Å². The Kier molecular flexibility index (Phi) is 4.84. The molecule has 1 amide bonds. The Balaban J connectivity index is 1.60. The molecule has 6 nitrogen and oxygen atoms in total. The number of fused-ring (bicyclic) bond motifs is 1. The van der Waals surface area contributed by atoms with Gasteiger partial charge in [0.25, 0.3) is 5.91 Å². The molecule has 0 aliphatic heterocycles. The maximum atomic E-state index is 12.9. The molecule has 0 spiro atoms. The van der Waals surface area contributed by atoms with E-state index in [1.165, 1.54) is 0 Å². The summed E-state index contributed by atoms with van der Waals surface area (Å²) in [6.07, 6.45) is 3.38. The summed E-state index contributed by atoms with van der Waals surface area (Å²) in [4.78, 5) is 21.5. The van der Waals surface area contributed by atoms with Gasteiger partial charge in [-0.05, 0) is 48.5 Å². The van der Waals surface area contributed by atoms with Crippen molar-refractivity contribution in [2.75, 3.05) is 17.7 Å². The van der Waals surface area contributed by atoms with Crippen LogP contribution < -0.4 is 15.4 Å². The molecule has 0 radical (unpaired) electrons. The van der Waals surface area contributed by atoms with E-state index < -0.39 is 0 Å². The molecule has 4 aromatic rings. The van der Waals surface area contributed by atoms with E-state index in [9.17, 15) is 4.79 Å². The number of hydrogen-bond acceptors (Lipinski definition) is 5. The minimum absolute atomic E-state index is 0.256. The van der Waals surface area contributed by atoms with Crippen molar-refractivity contribution in [1.29, 1.82) is 0 Å². The first-order valence-electron chi connectivity index (χ1n) is 8.76. The summed E-state index contributed by atoms with van der Waals surface area (Å²) >= 11 is 0. The van der Waals surface area contributed by atoms with Gasteiger partial charge in [0.15, 0.2) is 0 Å². The molecule has 0 aliphatic carbocycles. The van der Waals surface area contributed by atoms with Crippen LogP contribution in [0.3, 0.4) is 0 Å². The number of ether oxygens (including phenoxy) is 1. The average molecular weight is 370 g/mol. The number of pyridine rings is 2. The fourth-order valence-electron chi connectivity index (χ4n) is 2.92. The molecule has 2 aromatic heterocycles. The predicted octanol–water partition coefficient (Wildman–Crippen LogP) is 4.63. The van der Waals surface area contributed by atoms with Crippen LogP contribution in [-0.4, -0.2) is 23.0 Å². The minimum Gasteiger partial charge on any atom is -0.495 e. The van der Waals surface area contributed by atoms with Gasteiger partial charge in [0.05, 0.1) is 23.9 Å². The molecular weight excluding hydrogens is 352 g/mol. The number of rotatable bonds is 5. The summed E-state index contributed by atoms with van der Waals surface area (Å²) in [7, 11) is 1.60. The second-order valence-electron chi connectivity index (χ2n) is 6.09. The third-order valence-electron chi connectivity index (χ3n) is 4.27. The zero-order valence-corrected chi connectivity index (χ0v) is 15.2. The first-order chi connectivity index (χ1) is 13.7. The molecule has 0 fully saturated rings. The third kappa shape index (κ3) is 3.61. The smallest absolute Gasteiger partial charge is 0.259 e. The van der Waals surface area contributed by atoms with E-state index in [-0.39, 0.29) is 5.91 Å². The molecular formula is C22H18N4O2. The quantitative estimate of drug-likeness (QED) is 0.535. The second kappa shape index (κ2) is 7.75. The number of carbonyl (C=O) groups is 1. The highest BCUT2D eigenvalue weighted by Gasteiger charge is 2.14. The van der Waals surface area contributed by atoms with E-state index >= 15 is 0 Å². The summed E-state index contributed by atoms with van der Waals surface area (Å²) in [5.74, 6) is 0.863. The van der Waals surface area contributed by atoms with Gasteiger partial charge in [-0.25, -0.2) is 4.98 Å². The molecule has 0 saturated carbocycles. The number of carbonyl (C=O) groups excluding carboxylic acids is 1. The van der Waals surface area contributed by atoms with E-state index in [0.29, 0.717) is 22.8 Å². The fourth-order valence-corrected chi connectivity index (χ4v) is 2.92. The van der Waals surface area contributed by atoms with Gasteiger partial charge in [0, 0.05) is 23.5 Å². The van der Waals surface area contributed by atoms with Crippen LogP contribution >= 0.6 is 0 Å². The summed E-state index contributed by atoms with van der Waals surface area (Å²) in [5.41, 5.74) is 2.73. The maximum absolute atomic E-state index is 12.9.